The van der Waals surface area contributed by atoms with Gasteiger partial charge in [0, 0.05) is 28.0 Å². The van der Waals surface area contributed by atoms with E-state index in [0.29, 0.717) is 13.0 Å². The van der Waals surface area contributed by atoms with Crippen molar-refractivity contribution in [3.05, 3.63) is 94.4 Å². The largest absolute Gasteiger partial charge is 0.550 e. The Morgan fingerprint density at radius 2 is 1.88 bits per heavy atom. The predicted molar refractivity (Wildman–Crippen MR) is 160 cm³/mol. The quantitative estimate of drug-likeness (QED) is 0.247. The van der Waals surface area contributed by atoms with Crippen molar-refractivity contribution in [3.8, 4) is 28.7 Å². The Kier molecular flexibility index (Phi) is 8.11. The molecule has 0 amide bonds. The van der Waals surface area contributed by atoms with E-state index >= 15 is 0 Å². The molecule has 5 rings (SSSR count). The van der Waals surface area contributed by atoms with Crippen LogP contribution in [0.15, 0.2) is 72.1 Å². The number of aliphatic carboxylic acids is 1. The number of allylic oxidation sites excluding steroid dienone is 1. The molecule has 0 saturated heterocycles. The fourth-order valence-electron chi connectivity index (χ4n) is 5.02. The van der Waals surface area contributed by atoms with Gasteiger partial charge in [-0.2, -0.15) is 0 Å². The summed E-state index contributed by atoms with van der Waals surface area (Å²) in [6.07, 6.45) is 2.26. The van der Waals surface area contributed by atoms with Crippen molar-refractivity contribution in [2.45, 2.75) is 39.2 Å². The van der Waals surface area contributed by atoms with Crippen LogP contribution in [0.25, 0.3) is 26.8 Å². The fraction of sp³-hybridized carbons (Fsp3) is 0.242. The summed E-state index contributed by atoms with van der Waals surface area (Å²) in [5, 5.41) is 14.4. The van der Waals surface area contributed by atoms with Gasteiger partial charge in [0.05, 0.1) is 17.4 Å². The third-order valence-electron chi connectivity index (χ3n) is 7.18. The van der Waals surface area contributed by atoms with Crippen LogP contribution in [0.3, 0.4) is 0 Å². The average molecular weight is 570 g/mol. The van der Waals surface area contributed by atoms with Gasteiger partial charge < -0.3 is 14.6 Å². The molecular formula is C33H29O5S2-. The highest BCUT2D eigenvalue weighted by atomic mass is 32.2. The second-order valence-electron chi connectivity index (χ2n) is 9.98. The topological polar surface area (TPSA) is 83.5 Å². The molecule has 0 unspecified atom stereocenters. The van der Waals surface area contributed by atoms with E-state index in [0.717, 1.165) is 50.1 Å². The van der Waals surface area contributed by atoms with Crippen LogP contribution in [0.2, 0.25) is 0 Å². The van der Waals surface area contributed by atoms with Crippen molar-refractivity contribution in [2.24, 2.45) is 0 Å². The molecule has 0 spiro atoms. The minimum Gasteiger partial charge on any atom is -0.550 e. The maximum Gasteiger partial charge on any atom is 0.154 e. The Bertz CT molecular complexity index is 1770. The summed E-state index contributed by atoms with van der Waals surface area (Å²) in [6.45, 7) is 4.17. The number of carboxylic acid groups (broad SMARTS) is 1. The zero-order valence-electron chi connectivity index (χ0n) is 22.4. The highest BCUT2D eigenvalue weighted by Crippen LogP contribution is 2.38. The van der Waals surface area contributed by atoms with E-state index in [4.69, 9.17) is 4.74 Å². The number of thiophene rings is 1. The molecule has 5 nitrogen and oxygen atoms in total. The van der Waals surface area contributed by atoms with Crippen LogP contribution in [0.5, 0.6) is 5.75 Å². The van der Waals surface area contributed by atoms with E-state index < -0.39 is 21.7 Å². The maximum absolute atomic E-state index is 11.8. The molecule has 0 aliphatic carbocycles. The van der Waals surface area contributed by atoms with E-state index in [2.05, 4.69) is 54.5 Å². The van der Waals surface area contributed by atoms with Gasteiger partial charge in [-0.15, -0.1) is 17.3 Å². The summed E-state index contributed by atoms with van der Waals surface area (Å²) in [5.41, 5.74) is 7.43. The van der Waals surface area contributed by atoms with Crippen molar-refractivity contribution >= 4 is 42.8 Å². The molecule has 204 valence electrons. The third kappa shape index (κ3) is 6.30. The highest BCUT2D eigenvalue weighted by Gasteiger charge is 2.18. The van der Waals surface area contributed by atoms with Crippen LogP contribution in [-0.4, -0.2) is 25.9 Å². The van der Waals surface area contributed by atoms with Gasteiger partial charge in [-0.3, -0.25) is 0 Å². The Hall–Kier alpha value is -3.86. The molecule has 1 aliphatic rings. The molecule has 3 aromatic carbocycles. The van der Waals surface area contributed by atoms with E-state index in [1.54, 1.807) is 18.3 Å². The second-order valence-corrected chi connectivity index (χ2v) is 13.1. The third-order valence-corrected chi connectivity index (χ3v) is 9.64. The number of rotatable bonds is 8. The van der Waals surface area contributed by atoms with Gasteiger partial charge in [-0.1, -0.05) is 54.5 Å². The van der Waals surface area contributed by atoms with Crippen LogP contribution >= 0.6 is 11.3 Å². The fourth-order valence-corrected chi connectivity index (χ4v) is 7.11. The molecule has 1 atom stereocenters. The summed E-state index contributed by atoms with van der Waals surface area (Å²) in [6, 6.07) is 20.1. The second kappa shape index (κ2) is 11.7. The molecule has 1 aromatic heterocycles. The molecule has 0 bridgehead atoms. The first-order chi connectivity index (χ1) is 19.2. The van der Waals surface area contributed by atoms with E-state index in [1.165, 1.54) is 4.70 Å². The lowest BCUT2D eigenvalue weighted by Gasteiger charge is -2.15. The first-order valence-corrected chi connectivity index (χ1v) is 15.8. The number of sulfone groups is 1. The van der Waals surface area contributed by atoms with E-state index in [1.807, 2.05) is 36.4 Å². The summed E-state index contributed by atoms with van der Waals surface area (Å²) in [5.74, 6) is 5.32. The normalized spacial score (nSPS) is 15.1. The predicted octanol–water partition coefficient (Wildman–Crippen LogP) is 5.90. The molecule has 0 saturated carbocycles. The van der Waals surface area contributed by atoms with Crippen LogP contribution in [0, 0.1) is 18.8 Å². The highest BCUT2D eigenvalue weighted by molar-refractivity contribution is 7.91. The number of hydrogen-bond donors (Lipinski definition) is 0. The number of aryl methyl sites for hydroxylation is 1. The van der Waals surface area contributed by atoms with Crippen molar-refractivity contribution in [1.82, 2.24) is 0 Å². The number of carbonyl (C=O) groups is 1. The van der Waals surface area contributed by atoms with Gasteiger partial charge in [-0.05, 0) is 77.2 Å². The minimum absolute atomic E-state index is 0.113. The monoisotopic (exact) mass is 569 g/mol. The first-order valence-electron chi connectivity index (χ1n) is 13.1. The summed E-state index contributed by atoms with van der Waals surface area (Å²) in [7, 11) is -2.95. The Balaban J connectivity index is 1.33. The van der Waals surface area contributed by atoms with E-state index in [-0.39, 0.29) is 17.9 Å². The maximum atomic E-state index is 11.8. The number of carbonyl (C=O) groups excluding carboxylic acids is 1. The Morgan fingerprint density at radius 3 is 2.55 bits per heavy atom. The lowest BCUT2D eigenvalue weighted by molar-refractivity contribution is -0.305. The van der Waals surface area contributed by atoms with Crippen LogP contribution in [0.4, 0.5) is 0 Å². The van der Waals surface area contributed by atoms with Gasteiger partial charge in [0.2, 0.25) is 0 Å². The van der Waals surface area contributed by atoms with Crippen molar-refractivity contribution in [2.75, 3.05) is 11.5 Å². The number of hydrogen-bond acceptors (Lipinski definition) is 6. The van der Waals surface area contributed by atoms with Crippen LogP contribution in [-0.2, 0) is 21.2 Å². The molecule has 7 heteroatoms. The first kappa shape index (κ1) is 27.7. The van der Waals surface area contributed by atoms with Gasteiger partial charge in [0.25, 0.3) is 0 Å². The zero-order valence-corrected chi connectivity index (χ0v) is 24.0. The van der Waals surface area contributed by atoms with Gasteiger partial charge >= 0.3 is 0 Å². The van der Waals surface area contributed by atoms with Gasteiger partial charge in [-0.25, -0.2) is 8.42 Å². The smallest absolute Gasteiger partial charge is 0.154 e. The Morgan fingerprint density at radius 1 is 1.07 bits per heavy atom. The number of fused-ring (bicyclic) bond motifs is 1. The summed E-state index contributed by atoms with van der Waals surface area (Å²) >= 11 is 1.69. The Labute approximate surface area is 239 Å². The zero-order chi connectivity index (χ0) is 28.3. The summed E-state index contributed by atoms with van der Waals surface area (Å²) in [4.78, 5) is 11.1. The molecule has 0 N–H and O–H groups in total. The van der Waals surface area contributed by atoms with Crippen LogP contribution in [0.1, 0.15) is 47.9 Å². The lowest BCUT2D eigenvalue weighted by atomic mass is 9.94. The van der Waals surface area contributed by atoms with Crippen LogP contribution < -0.4 is 9.84 Å². The molecule has 2 heterocycles. The van der Waals surface area contributed by atoms with Crippen molar-refractivity contribution in [3.63, 3.8) is 0 Å². The minimum atomic E-state index is -2.95. The molecule has 0 radical (unpaired) electrons. The average Bonchev–Trinajstić information content (AvgIpc) is 3.35. The molecule has 40 heavy (non-hydrogen) atoms. The molecule has 0 fully saturated rings. The van der Waals surface area contributed by atoms with Crippen molar-refractivity contribution in [1.29, 1.82) is 0 Å². The molecule has 1 aliphatic heterocycles. The number of carboxylic acids is 1. The van der Waals surface area contributed by atoms with Gasteiger partial charge in [0.15, 0.2) is 9.84 Å². The number of ether oxygens (including phenoxy) is 1. The van der Waals surface area contributed by atoms with E-state index in [9.17, 15) is 18.3 Å². The molecule has 4 aromatic rings. The standard InChI is InChI=1S/C33H30O5S2/c1-3-4-26(18-33(34)35)24-7-5-23(6-8-24)20-38-28-10-12-32-30(19-28)31(21-39-32)29-11-9-27(17-22(29)2)25-13-15-40(36,37)16-14-25/h5-13,17,19,21,26H,14-16,18,20H2,1-2H3,(H,34,35)/p-1/t26-/m0/s1. The lowest BCUT2D eigenvalue weighted by Crippen LogP contribution is -2.24. The molecular weight excluding hydrogens is 540 g/mol. The number of benzene rings is 3. The van der Waals surface area contributed by atoms with Gasteiger partial charge in [0.1, 0.15) is 12.4 Å². The summed E-state index contributed by atoms with van der Waals surface area (Å²) < 4.78 is 30.9. The SMILES string of the molecule is CC#C[C@@H](CC(=O)[O-])c1ccc(COc2ccc3scc(-c4ccc(C5=CCS(=O)(=O)CC5)cc4C)c3c2)cc1. The van der Waals surface area contributed by atoms with Crippen molar-refractivity contribution < 1.29 is 23.1 Å².